The van der Waals surface area contributed by atoms with Crippen LogP contribution in [0.5, 0.6) is 0 Å². The second-order valence-corrected chi connectivity index (χ2v) is 6.22. The number of carbonyl (C=O) groups is 2. The van der Waals surface area contributed by atoms with Gasteiger partial charge in [0.15, 0.2) is 0 Å². The monoisotopic (exact) mass is 319 g/mol. The second kappa shape index (κ2) is 7.44. The maximum atomic E-state index is 12.6. The number of rotatable bonds is 5. The van der Waals surface area contributed by atoms with Crippen molar-refractivity contribution < 1.29 is 9.59 Å². The van der Waals surface area contributed by atoms with Gasteiger partial charge in [0.05, 0.1) is 0 Å². The molecule has 6 nitrogen and oxygen atoms in total. The number of pyridine rings is 1. The van der Waals surface area contributed by atoms with E-state index in [9.17, 15) is 14.4 Å². The number of aryl methyl sites for hydroxylation is 1. The summed E-state index contributed by atoms with van der Waals surface area (Å²) >= 11 is 0. The summed E-state index contributed by atoms with van der Waals surface area (Å²) in [6, 6.07) is 2.90. The van der Waals surface area contributed by atoms with Gasteiger partial charge in [-0.2, -0.15) is 0 Å². The minimum atomic E-state index is -0.856. The van der Waals surface area contributed by atoms with Crippen LogP contribution in [0.1, 0.15) is 55.8 Å². The smallest absolute Gasteiger partial charge is 0.252 e. The molecule has 126 valence electrons. The Labute approximate surface area is 136 Å². The van der Waals surface area contributed by atoms with Gasteiger partial charge in [0, 0.05) is 31.4 Å². The van der Waals surface area contributed by atoms with Crippen molar-refractivity contribution in [1.29, 1.82) is 0 Å². The number of hydrogen-bond donors (Lipinski definition) is 2. The van der Waals surface area contributed by atoms with Crippen LogP contribution < -0.4 is 16.2 Å². The zero-order valence-electron chi connectivity index (χ0n) is 13.9. The Morgan fingerprint density at radius 1 is 1.26 bits per heavy atom. The Bertz CT molecular complexity index is 630. The van der Waals surface area contributed by atoms with Gasteiger partial charge < -0.3 is 15.2 Å². The van der Waals surface area contributed by atoms with Gasteiger partial charge in [-0.1, -0.05) is 26.2 Å². The number of amides is 2. The first-order chi connectivity index (χ1) is 11.0. The van der Waals surface area contributed by atoms with Gasteiger partial charge >= 0.3 is 0 Å². The molecule has 2 N–H and O–H groups in total. The molecule has 1 aromatic heterocycles. The van der Waals surface area contributed by atoms with Gasteiger partial charge in [0.2, 0.25) is 5.91 Å². The standard InChI is InChI=1S/C17H25N3O3/c1-3-10-18-16(23)17(8-5-4-6-9-17)19-15(22)13-7-11-20(2)14(21)12-13/h7,11-12H,3-6,8-10H2,1-2H3,(H,18,23)(H,19,22). The zero-order valence-corrected chi connectivity index (χ0v) is 13.9. The van der Waals surface area contributed by atoms with Crippen LogP contribution in [-0.4, -0.2) is 28.5 Å². The number of carbonyl (C=O) groups excluding carboxylic acids is 2. The first-order valence-electron chi connectivity index (χ1n) is 8.26. The largest absolute Gasteiger partial charge is 0.354 e. The van der Waals surface area contributed by atoms with Gasteiger partial charge in [-0.15, -0.1) is 0 Å². The van der Waals surface area contributed by atoms with E-state index >= 15 is 0 Å². The molecular weight excluding hydrogens is 294 g/mol. The molecule has 0 saturated heterocycles. The van der Waals surface area contributed by atoms with Crippen molar-refractivity contribution in [3.8, 4) is 0 Å². The average Bonchev–Trinajstić information content (AvgIpc) is 2.55. The zero-order chi connectivity index (χ0) is 16.9. The SMILES string of the molecule is CCCNC(=O)C1(NC(=O)c2ccn(C)c(=O)c2)CCCCC1. The van der Waals surface area contributed by atoms with E-state index in [0.29, 0.717) is 24.9 Å². The Kier molecular flexibility index (Phi) is 5.58. The summed E-state index contributed by atoms with van der Waals surface area (Å²) in [7, 11) is 1.63. The molecule has 1 aliphatic rings. The molecule has 0 spiro atoms. The minimum absolute atomic E-state index is 0.115. The van der Waals surface area contributed by atoms with Crippen LogP contribution in [0.15, 0.2) is 23.1 Å². The lowest BCUT2D eigenvalue weighted by Crippen LogP contribution is -2.59. The first-order valence-corrected chi connectivity index (χ1v) is 8.26. The fraction of sp³-hybridized carbons (Fsp3) is 0.588. The van der Waals surface area contributed by atoms with Crippen LogP contribution in [-0.2, 0) is 11.8 Å². The van der Waals surface area contributed by atoms with Gasteiger partial charge in [-0.05, 0) is 25.3 Å². The molecule has 1 heterocycles. The van der Waals surface area contributed by atoms with Crippen molar-refractivity contribution >= 4 is 11.8 Å². The molecule has 6 heteroatoms. The van der Waals surface area contributed by atoms with E-state index in [-0.39, 0.29) is 17.4 Å². The van der Waals surface area contributed by atoms with Crippen molar-refractivity contribution in [1.82, 2.24) is 15.2 Å². The fourth-order valence-corrected chi connectivity index (χ4v) is 2.95. The molecule has 0 radical (unpaired) electrons. The molecule has 1 aromatic rings. The van der Waals surface area contributed by atoms with Crippen LogP contribution in [0.4, 0.5) is 0 Å². The number of aromatic nitrogens is 1. The molecular formula is C17H25N3O3. The van der Waals surface area contributed by atoms with Gasteiger partial charge in [0.1, 0.15) is 5.54 Å². The highest BCUT2D eigenvalue weighted by Crippen LogP contribution is 2.29. The number of hydrogen-bond acceptors (Lipinski definition) is 3. The lowest BCUT2D eigenvalue weighted by atomic mass is 9.80. The lowest BCUT2D eigenvalue weighted by Gasteiger charge is -2.36. The topological polar surface area (TPSA) is 80.2 Å². The fourth-order valence-electron chi connectivity index (χ4n) is 2.95. The van der Waals surface area contributed by atoms with Crippen LogP contribution in [0, 0.1) is 0 Å². The van der Waals surface area contributed by atoms with Crippen molar-refractivity contribution in [3.05, 3.63) is 34.2 Å². The molecule has 1 fully saturated rings. The van der Waals surface area contributed by atoms with Crippen molar-refractivity contribution in [3.63, 3.8) is 0 Å². The minimum Gasteiger partial charge on any atom is -0.354 e. The van der Waals surface area contributed by atoms with E-state index in [1.54, 1.807) is 19.3 Å². The van der Waals surface area contributed by atoms with Crippen LogP contribution in [0.3, 0.4) is 0 Å². The quantitative estimate of drug-likeness (QED) is 0.859. The predicted molar refractivity (Wildman–Crippen MR) is 88.3 cm³/mol. The molecule has 0 aromatic carbocycles. The van der Waals surface area contributed by atoms with Gasteiger partial charge in [0.25, 0.3) is 11.5 Å². The van der Waals surface area contributed by atoms with Crippen LogP contribution in [0.25, 0.3) is 0 Å². The summed E-state index contributed by atoms with van der Waals surface area (Å²) in [5.74, 6) is -0.479. The van der Waals surface area contributed by atoms with E-state index < -0.39 is 5.54 Å². The molecule has 0 bridgehead atoms. The summed E-state index contributed by atoms with van der Waals surface area (Å²) in [6.45, 7) is 2.59. The molecule has 0 unspecified atom stereocenters. The maximum Gasteiger partial charge on any atom is 0.252 e. The van der Waals surface area contributed by atoms with Crippen molar-refractivity contribution in [2.24, 2.45) is 7.05 Å². The van der Waals surface area contributed by atoms with E-state index in [2.05, 4.69) is 10.6 Å². The summed E-state index contributed by atoms with van der Waals surface area (Å²) in [4.78, 5) is 36.8. The second-order valence-electron chi connectivity index (χ2n) is 6.22. The highest BCUT2D eigenvalue weighted by molar-refractivity contribution is 5.99. The maximum absolute atomic E-state index is 12.6. The first kappa shape index (κ1) is 17.2. The van der Waals surface area contributed by atoms with Crippen molar-refractivity contribution in [2.45, 2.75) is 51.0 Å². The highest BCUT2D eigenvalue weighted by atomic mass is 16.2. The normalized spacial score (nSPS) is 16.6. The average molecular weight is 319 g/mol. The van der Waals surface area contributed by atoms with Gasteiger partial charge in [-0.3, -0.25) is 14.4 Å². The van der Waals surface area contributed by atoms with Crippen molar-refractivity contribution in [2.75, 3.05) is 6.54 Å². The van der Waals surface area contributed by atoms with E-state index in [1.807, 2.05) is 6.92 Å². The molecule has 1 saturated carbocycles. The molecule has 1 aliphatic carbocycles. The molecule has 0 aliphatic heterocycles. The van der Waals surface area contributed by atoms with E-state index in [0.717, 1.165) is 25.7 Å². The lowest BCUT2D eigenvalue weighted by molar-refractivity contribution is -0.128. The summed E-state index contributed by atoms with van der Waals surface area (Å²) in [6.07, 6.45) is 6.59. The summed E-state index contributed by atoms with van der Waals surface area (Å²) in [5.41, 5.74) is -0.807. The van der Waals surface area contributed by atoms with Crippen LogP contribution in [0.2, 0.25) is 0 Å². The van der Waals surface area contributed by atoms with E-state index in [1.165, 1.54) is 10.6 Å². The molecule has 2 amide bonds. The molecule has 0 atom stereocenters. The third-order valence-electron chi connectivity index (χ3n) is 4.40. The van der Waals surface area contributed by atoms with Gasteiger partial charge in [-0.25, -0.2) is 0 Å². The molecule has 2 rings (SSSR count). The predicted octanol–water partition coefficient (Wildman–Crippen LogP) is 1.34. The summed E-state index contributed by atoms with van der Waals surface area (Å²) < 4.78 is 1.40. The van der Waals surface area contributed by atoms with E-state index in [4.69, 9.17) is 0 Å². The Hall–Kier alpha value is -2.11. The highest BCUT2D eigenvalue weighted by Gasteiger charge is 2.40. The Morgan fingerprint density at radius 3 is 2.57 bits per heavy atom. The summed E-state index contributed by atoms with van der Waals surface area (Å²) in [5, 5.41) is 5.81. The molecule has 23 heavy (non-hydrogen) atoms. The Morgan fingerprint density at radius 2 is 1.96 bits per heavy atom. The van der Waals surface area contributed by atoms with Crippen LogP contribution >= 0.6 is 0 Å². The number of nitrogens with zero attached hydrogens (tertiary/aromatic N) is 1. The number of nitrogens with one attached hydrogen (secondary N) is 2. The Balaban J connectivity index is 2.19. The third kappa shape index (κ3) is 4.00. The third-order valence-corrected chi connectivity index (χ3v) is 4.40.